The number of hydrogen-bond acceptors (Lipinski definition) is 4. The Kier molecular flexibility index (Phi) is 3.01. The van der Waals surface area contributed by atoms with E-state index in [-0.39, 0.29) is 0 Å². The molecule has 0 radical (unpaired) electrons. The first-order valence-corrected chi connectivity index (χ1v) is 6.71. The first kappa shape index (κ1) is 12.2. The molecule has 0 unspecified atom stereocenters. The molecule has 3 rings (SSSR count). The molecule has 0 N–H and O–H groups in total. The molecule has 1 spiro atoms. The summed E-state index contributed by atoms with van der Waals surface area (Å²) in [6, 6.07) is 8.91. The monoisotopic (exact) mass is 260 g/mol. The molecule has 0 amide bonds. The van der Waals surface area contributed by atoms with Crippen LogP contribution >= 0.6 is 0 Å². The summed E-state index contributed by atoms with van der Waals surface area (Å²) in [6.45, 7) is 0. The predicted molar refractivity (Wildman–Crippen MR) is 67.2 cm³/mol. The van der Waals surface area contributed by atoms with E-state index in [0.29, 0.717) is 18.4 Å². The van der Waals surface area contributed by atoms with E-state index in [1.54, 1.807) is 24.3 Å². The molecule has 1 aliphatic carbocycles. The molecular weight excluding hydrogens is 244 g/mol. The summed E-state index contributed by atoms with van der Waals surface area (Å²) in [5.74, 6) is -2.89. The zero-order valence-electron chi connectivity index (χ0n) is 10.6. The second-order valence-corrected chi connectivity index (χ2v) is 5.16. The molecule has 0 bridgehead atoms. The topological polar surface area (TPSA) is 52.6 Å². The van der Waals surface area contributed by atoms with E-state index in [2.05, 4.69) is 0 Å². The average Bonchev–Trinajstić information content (AvgIpc) is 2.40. The number of carbonyl (C=O) groups excluding carboxylic acids is 2. The third-order valence-corrected chi connectivity index (χ3v) is 3.79. The lowest BCUT2D eigenvalue weighted by Crippen LogP contribution is -2.49. The van der Waals surface area contributed by atoms with Crippen molar-refractivity contribution in [3.05, 3.63) is 35.9 Å². The van der Waals surface area contributed by atoms with Crippen LogP contribution in [0.3, 0.4) is 0 Å². The van der Waals surface area contributed by atoms with E-state index in [0.717, 1.165) is 19.3 Å². The van der Waals surface area contributed by atoms with Gasteiger partial charge in [0.15, 0.2) is 5.92 Å². The van der Waals surface area contributed by atoms with Crippen molar-refractivity contribution >= 4 is 11.9 Å². The van der Waals surface area contributed by atoms with Crippen LogP contribution < -0.4 is 0 Å². The highest BCUT2D eigenvalue weighted by atomic mass is 16.7. The Morgan fingerprint density at radius 3 is 2.05 bits per heavy atom. The number of carbonyl (C=O) groups is 2. The quantitative estimate of drug-likeness (QED) is 0.575. The minimum absolute atomic E-state index is 0.482. The fraction of sp³-hybridized carbons (Fsp3) is 0.467. The van der Waals surface area contributed by atoms with Crippen LogP contribution in [0.1, 0.15) is 43.6 Å². The first-order chi connectivity index (χ1) is 9.20. The molecule has 100 valence electrons. The minimum Gasteiger partial charge on any atom is -0.422 e. The van der Waals surface area contributed by atoms with Crippen LogP contribution in [0.4, 0.5) is 0 Å². The lowest BCUT2D eigenvalue weighted by Gasteiger charge is -2.40. The number of esters is 2. The van der Waals surface area contributed by atoms with Crippen molar-refractivity contribution in [2.45, 2.75) is 43.8 Å². The van der Waals surface area contributed by atoms with Gasteiger partial charge in [-0.1, -0.05) is 36.8 Å². The Bertz CT molecular complexity index is 468. The van der Waals surface area contributed by atoms with Gasteiger partial charge in [-0.2, -0.15) is 0 Å². The van der Waals surface area contributed by atoms with Gasteiger partial charge in [0, 0.05) is 12.8 Å². The normalized spacial score (nSPS) is 22.9. The largest absolute Gasteiger partial charge is 0.422 e. The van der Waals surface area contributed by atoms with Crippen molar-refractivity contribution in [2.75, 3.05) is 0 Å². The van der Waals surface area contributed by atoms with Gasteiger partial charge in [0.25, 0.3) is 5.79 Å². The molecular formula is C15H16O4. The minimum atomic E-state index is -0.988. The third kappa shape index (κ3) is 2.23. The van der Waals surface area contributed by atoms with Crippen LogP contribution in [0.25, 0.3) is 0 Å². The van der Waals surface area contributed by atoms with E-state index in [1.807, 2.05) is 6.07 Å². The SMILES string of the molecule is O=C1OC2(CCCCC2)OC(=O)C1c1ccccc1. The van der Waals surface area contributed by atoms with Gasteiger partial charge in [-0.3, -0.25) is 9.59 Å². The molecule has 1 saturated carbocycles. The van der Waals surface area contributed by atoms with Gasteiger partial charge < -0.3 is 9.47 Å². The van der Waals surface area contributed by atoms with E-state index in [4.69, 9.17) is 9.47 Å². The summed E-state index contributed by atoms with van der Waals surface area (Å²) in [4.78, 5) is 24.3. The summed E-state index contributed by atoms with van der Waals surface area (Å²) in [6.07, 6.45) is 4.18. The number of hydrogen-bond donors (Lipinski definition) is 0. The highest BCUT2D eigenvalue weighted by Gasteiger charge is 2.49. The van der Waals surface area contributed by atoms with Crippen molar-refractivity contribution in [1.82, 2.24) is 0 Å². The smallest absolute Gasteiger partial charge is 0.328 e. The standard InChI is InChI=1S/C15H16O4/c16-13-12(11-7-3-1-4-8-11)14(17)19-15(18-13)9-5-2-6-10-15/h1,3-4,7-8,12H,2,5-6,9-10H2. The molecule has 1 aliphatic heterocycles. The molecule has 0 aromatic heterocycles. The zero-order valence-corrected chi connectivity index (χ0v) is 10.6. The highest BCUT2D eigenvalue weighted by molar-refractivity contribution is 6.02. The molecule has 1 saturated heterocycles. The Balaban J connectivity index is 1.84. The Hall–Kier alpha value is -1.84. The van der Waals surface area contributed by atoms with E-state index in [1.165, 1.54) is 0 Å². The summed E-state index contributed by atoms with van der Waals surface area (Å²) >= 11 is 0. The van der Waals surface area contributed by atoms with Gasteiger partial charge in [0.05, 0.1) is 0 Å². The summed E-state index contributed by atoms with van der Waals surface area (Å²) in [5.41, 5.74) is 0.628. The number of ether oxygens (including phenoxy) is 2. The molecule has 1 aromatic carbocycles. The van der Waals surface area contributed by atoms with Crippen LogP contribution in [0.15, 0.2) is 30.3 Å². The molecule has 0 atom stereocenters. The zero-order chi connectivity index (χ0) is 13.3. The van der Waals surface area contributed by atoms with E-state index in [9.17, 15) is 9.59 Å². The highest BCUT2D eigenvalue weighted by Crippen LogP contribution is 2.39. The second kappa shape index (κ2) is 4.68. The number of rotatable bonds is 1. The molecule has 4 nitrogen and oxygen atoms in total. The third-order valence-electron chi connectivity index (χ3n) is 3.79. The summed E-state index contributed by atoms with van der Waals surface area (Å²) in [5, 5.41) is 0. The Morgan fingerprint density at radius 1 is 0.895 bits per heavy atom. The summed E-state index contributed by atoms with van der Waals surface area (Å²) < 4.78 is 10.9. The van der Waals surface area contributed by atoms with Gasteiger partial charge in [-0.25, -0.2) is 0 Å². The molecule has 1 heterocycles. The molecule has 2 fully saturated rings. The van der Waals surface area contributed by atoms with Crippen LogP contribution in [0.2, 0.25) is 0 Å². The Morgan fingerprint density at radius 2 is 1.47 bits per heavy atom. The predicted octanol–water partition coefficient (Wildman–Crippen LogP) is 2.53. The van der Waals surface area contributed by atoms with Crippen LogP contribution in [-0.2, 0) is 19.1 Å². The lowest BCUT2D eigenvalue weighted by molar-refractivity contribution is -0.255. The fourth-order valence-corrected chi connectivity index (χ4v) is 2.81. The van der Waals surface area contributed by atoms with Crippen LogP contribution in [0.5, 0.6) is 0 Å². The Labute approximate surface area is 111 Å². The van der Waals surface area contributed by atoms with E-state index < -0.39 is 23.6 Å². The van der Waals surface area contributed by atoms with Crippen LogP contribution in [0, 0.1) is 0 Å². The maximum absolute atomic E-state index is 12.2. The maximum atomic E-state index is 12.2. The van der Waals surface area contributed by atoms with Gasteiger partial charge in [0.2, 0.25) is 0 Å². The maximum Gasteiger partial charge on any atom is 0.328 e. The fourth-order valence-electron chi connectivity index (χ4n) is 2.81. The van der Waals surface area contributed by atoms with Crippen molar-refractivity contribution in [3.8, 4) is 0 Å². The second-order valence-electron chi connectivity index (χ2n) is 5.16. The van der Waals surface area contributed by atoms with Gasteiger partial charge in [-0.15, -0.1) is 0 Å². The van der Waals surface area contributed by atoms with Crippen molar-refractivity contribution in [3.63, 3.8) is 0 Å². The van der Waals surface area contributed by atoms with Crippen LogP contribution in [-0.4, -0.2) is 17.7 Å². The molecule has 19 heavy (non-hydrogen) atoms. The molecule has 1 aromatic rings. The lowest BCUT2D eigenvalue weighted by atomic mass is 9.91. The molecule has 4 heteroatoms. The summed E-state index contributed by atoms with van der Waals surface area (Å²) in [7, 11) is 0. The van der Waals surface area contributed by atoms with Gasteiger partial charge in [-0.05, 0) is 18.4 Å². The average molecular weight is 260 g/mol. The van der Waals surface area contributed by atoms with Crippen molar-refractivity contribution in [1.29, 1.82) is 0 Å². The number of benzene rings is 1. The van der Waals surface area contributed by atoms with Gasteiger partial charge >= 0.3 is 11.9 Å². The first-order valence-electron chi connectivity index (χ1n) is 6.71. The molecule has 2 aliphatic rings. The van der Waals surface area contributed by atoms with Gasteiger partial charge in [0.1, 0.15) is 0 Å². The van der Waals surface area contributed by atoms with E-state index >= 15 is 0 Å². The van der Waals surface area contributed by atoms with Crippen molar-refractivity contribution in [2.24, 2.45) is 0 Å². The van der Waals surface area contributed by atoms with Crippen molar-refractivity contribution < 1.29 is 19.1 Å².